The van der Waals surface area contributed by atoms with Gasteiger partial charge in [-0.2, -0.15) is 5.43 Å². The Kier molecular flexibility index (Phi) is 14.0. The van der Waals surface area contributed by atoms with Crippen LogP contribution in [0, 0.1) is 17.3 Å². The number of amides is 4. The van der Waals surface area contributed by atoms with Crippen LogP contribution < -0.4 is 10.7 Å². The van der Waals surface area contributed by atoms with Gasteiger partial charge in [0, 0.05) is 87.3 Å². The number of likely N-dealkylation sites (N-methyl/N-ethyl adjacent to an activating group) is 1. The van der Waals surface area contributed by atoms with Gasteiger partial charge in [-0.05, 0) is 83.8 Å². The average molecular weight is 952 g/mol. The van der Waals surface area contributed by atoms with Gasteiger partial charge in [0.15, 0.2) is 5.60 Å². The number of cyclic esters (lactones) is 1. The van der Waals surface area contributed by atoms with Crippen molar-refractivity contribution in [2.45, 2.75) is 103 Å². The maximum absolute atomic E-state index is 14.8. The lowest BCUT2D eigenvalue weighted by molar-refractivity contribution is -0.189. The van der Waals surface area contributed by atoms with Crippen molar-refractivity contribution in [3.63, 3.8) is 0 Å². The Morgan fingerprint density at radius 1 is 1.04 bits per heavy atom. The lowest BCUT2D eigenvalue weighted by atomic mass is 9.84. The molecule has 2 aromatic heterocycles. The van der Waals surface area contributed by atoms with Crippen LogP contribution in [0.1, 0.15) is 70.6 Å². The van der Waals surface area contributed by atoms with E-state index in [2.05, 4.69) is 33.3 Å². The first-order valence-electron chi connectivity index (χ1n) is 23.8. The minimum atomic E-state index is -2.30. The lowest BCUT2D eigenvalue weighted by Crippen LogP contribution is -2.67. The fraction of sp³-hybridized carbons (Fsp3) is 0.529. The number of likely N-dealkylation sites (tertiary alicyclic amines) is 1. The molecule has 0 unspecified atom stereocenters. The van der Waals surface area contributed by atoms with Crippen LogP contribution >= 0.6 is 0 Å². The van der Waals surface area contributed by atoms with E-state index in [9.17, 15) is 39.3 Å². The van der Waals surface area contributed by atoms with Gasteiger partial charge < -0.3 is 49.2 Å². The van der Waals surface area contributed by atoms with Gasteiger partial charge in [-0.25, -0.2) is 4.79 Å². The molecule has 370 valence electrons. The summed E-state index contributed by atoms with van der Waals surface area (Å²) in [5.74, 6) is -4.22. The third kappa shape index (κ3) is 9.82. The number of carbonyl (C=O) groups is 5. The highest BCUT2D eigenvalue weighted by Gasteiger charge is 2.50. The molecule has 4 aliphatic heterocycles. The number of ether oxygens (including phenoxy) is 3. The summed E-state index contributed by atoms with van der Waals surface area (Å²) in [5.41, 5.74) is 4.42. The van der Waals surface area contributed by atoms with Gasteiger partial charge in [0.25, 0.3) is 11.8 Å². The minimum absolute atomic E-state index is 0.0218. The molecule has 6 bridgehead atoms. The Bertz CT molecular complexity index is 2640. The van der Waals surface area contributed by atoms with Gasteiger partial charge in [0.2, 0.25) is 17.5 Å². The number of phenolic OH excluding ortho intramolecular Hbond substituents is 1. The molecule has 3 fully saturated rings. The van der Waals surface area contributed by atoms with Crippen LogP contribution in [0.2, 0.25) is 0 Å². The molecule has 18 heteroatoms. The Labute approximate surface area is 401 Å². The Morgan fingerprint density at radius 3 is 2.51 bits per heavy atom. The van der Waals surface area contributed by atoms with Gasteiger partial charge in [-0.15, -0.1) is 0 Å². The highest BCUT2D eigenvalue weighted by molar-refractivity contribution is 5.97. The maximum atomic E-state index is 14.8. The van der Waals surface area contributed by atoms with Crippen molar-refractivity contribution in [2.75, 3.05) is 53.6 Å². The molecule has 5 N–H and O–H groups in total. The number of β-amino-alcohol motifs (C(OH)–C–C–N with tert-alkyl or cyclic N) is 1. The largest absolute Gasteiger partial charge is 0.508 e. The van der Waals surface area contributed by atoms with E-state index >= 15 is 0 Å². The molecule has 4 atom stereocenters. The first-order valence-corrected chi connectivity index (χ1v) is 23.8. The van der Waals surface area contributed by atoms with E-state index in [1.54, 1.807) is 33.2 Å². The number of phenols is 1. The standard InChI is InChI=1S/C51H65N7O11/c1-8-57-41-11-10-32-22-37(41)38(43(57)39-24-52-15-12-33(39)25-67-7)23-49(4,5)29-69-48(64)51(66)13-9-16-58(54-51)46(62)40(20-31-18-34(32)21-36(59)19-31)53-44(60)42(30(2)3)55(6)47(63)50(65)14-17-56(28-50)45(61)35-26-68-27-35/h10-12,15,18-19,21-22,24,30,35,40,42,54,59,65-66H,8-9,13-14,16-17,20,23,25-29H2,1-7H3,(H,53,60)/t40-,42-,50+,51-/m0/s1. The van der Waals surface area contributed by atoms with Crippen LogP contribution in [0.15, 0.2) is 54.9 Å². The normalized spacial score (nSPS) is 23.6. The molecular weight excluding hydrogens is 887 g/mol. The van der Waals surface area contributed by atoms with E-state index in [-0.39, 0.29) is 82.7 Å². The number of carbonyl (C=O) groups excluding carboxylic acids is 5. The quantitative estimate of drug-likeness (QED) is 0.144. The van der Waals surface area contributed by atoms with Crippen LogP contribution in [0.25, 0.3) is 33.3 Å². The number of hydrogen-bond donors (Lipinski definition) is 5. The number of methoxy groups -OCH3 is 1. The summed E-state index contributed by atoms with van der Waals surface area (Å²) in [6.45, 7) is 10.9. The van der Waals surface area contributed by atoms with E-state index in [4.69, 9.17) is 14.2 Å². The van der Waals surface area contributed by atoms with Crippen LogP contribution in [-0.4, -0.2) is 146 Å². The Hall–Kier alpha value is -5.92. The number of rotatable bonds is 10. The predicted molar refractivity (Wildman–Crippen MR) is 254 cm³/mol. The lowest BCUT2D eigenvalue weighted by Gasteiger charge is -2.40. The average Bonchev–Trinajstić information content (AvgIpc) is 3.84. The molecule has 4 amide bonds. The molecule has 18 nitrogen and oxygen atoms in total. The van der Waals surface area contributed by atoms with E-state index in [0.29, 0.717) is 30.7 Å². The van der Waals surface area contributed by atoms with Crippen molar-refractivity contribution in [3.05, 3.63) is 71.5 Å². The minimum Gasteiger partial charge on any atom is -0.508 e. The zero-order chi connectivity index (χ0) is 49.6. The summed E-state index contributed by atoms with van der Waals surface area (Å²) < 4.78 is 19.0. The van der Waals surface area contributed by atoms with Crippen molar-refractivity contribution in [3.8, 4) is 28.1 Å². The Balaban J connectivity index is 1.18. The maximum Gasteiger partial charge on any atom is 0.355 e. The summed E-state index contributed by atoms with van der Waals surface area (Å²) in [5, 5.41) is 39.8. The number of aliphatic hydroxyl groups is 2. The van der Waals surface area contributed by atoms with Crippen LogP contribution in [0.5, 0.6) is 5.75 Å². The molecule has 0 saturated carbocycles. The van der Waals surface area contributed by atoms with Crippen LogP contribution in [-0.2, 0) is 64.2 Å². The van der Waals surface area contributed by atoms with E-state index < -0.39 is 58.4 Å². The smallest absolute Gasteiger partial charge is 0.355 e. The highest BCUT2D eigenvalue weighted by atomic mass is 16.6. The third-order valence-electron chi connectivity index (χ3n) is 14.0. The van der Waals surface area contributed by atoms with Gasteiger partial charge in [0.05, 0.1) is 44.6 Å². The number of benzene rings is 2. The summed E-state index contributed by atoms with van der Waals surface area (Å²) in [6, 6.07) is 10.5. The van der Waals surface area contributed by atoms with Crippen molar-refractivity contribution in [1.29, 1.82) is 0 Å². The number of hydrogen-bond acceptors (Lipinski definition) is 13. The van der Waals surface area contributed by atoms with Crippen LogP contribution in [0.4, 0.5) is 0 Å². The second kappa shape index (κ2) is 19.5. The molecule has 0 radical (unpaired) electrons. The number of aryl methyl sites for hydroxylation is 1. The summed E-state index contributed by atoms with van der Waals surface area (Å²) in [6.07, 6.45) is 3.98. The molecular formula is C51H65N7O11. The van der Waals surface area contributed by atoms with Gasteiger partial charge in [0.1, 0.15) is 17.8 Å². The first-order chi connectivity index (χ1) is 32.8. The van der Waals surface area contributed by atoms with Gasteiger partial charge in [-0.1, -0.05) is 39.8 Å². The molecule has 0 spiro atoms. The molecule has 0 aliphatic carbocycles. The van der Waals surface area contributed by atoms with Crippen molar-refractivity contribution >= 4 is 40.5 Å². The summed E-state index contributed by atoms with van der Waals surface area (Å²) >= 11 is 0. The molecule has 3 saturated heterocycles. The number of aromatic nitrogens is 2. The number of aromatic hydroxyl groups is 1. The highest BCUT2D eigenvalue weighted by Crippen LogP contribution is 2.42. The fourth-order valence-corrected chi connectivity index (χ4v) is 10.4. The van der Waals surface area contributed by atoms with Crippen molar-refractivity contribution in [2.24, 2.45) is 17.3 Å². The number of nitrogens with zero attached hydrogens (tertiary/aromatic N) is 5. The number of esters is 1. The van der Waals surface area contributed by atoms with Gasteiger partial charge in [-0.3, -0.25) is 29.2 Å². The fourth-order valence-electron chi connectivity index (χ4n) is 10.4. The predicted octanol–water partition coefficient (Wildman–Crippen LogP) is 3.30. The van der Waals surface area contributed by atoms with E-state index in [1.165, 1.54) is 22.9 Å². The number of hydrazine groups is 1. The second-order valence-electron chi connectivity index (χ2n) is 20.3. The number of fused-ring (bicyclic) bond motifs is 6. The molecule has 2 aromatic carbocycles. The summed E-state index contributed by atoms with van der Waals surface area (Å²) in [7, 11) is 3.06. The molecule has 4 aromatic rings. The molecule has 4 aliphatic rings. The topological polar surface area (TPSA) is 225 Å². The SMILES string of the molecule is CCn1c(-c2cnccc2COC)c2c3cc(ccc31)-c1cc(O)cc(c1)C[C@H](NC(=O)[C@H](C(C)C)N(C)C(=O)[C@@]1(O)CCN(C(=O)C3COC3)C1)C(=O)N1CCC[C@@](O)(N1)C(=O)OCC(C)(C)C2. The van der Waals surface area contributed by atoms with Crippen molar-refractivity contribution < 1.29 is 53.5 Å². The van der Waals surface area contributed by atoms with Gasteiger partial charge >= 0.3 is 5.97 Å². The third-order valence-corrected chi connectivity index (χ3v) is 14.0. The Morgan fingerprint density at radius 2 is 1.81 bits per heavy atom. The van der Waals surface area contributed by atoms with E-state index in [0.717, 1.165) is 43.9 Å². The molecule has 69 heavy (non-hydrogen) atoms. The molecule has 6 heterocycles. The zero-order valence-corrected chi connectivity index (χ0v) is 40.5. The summed E-state index contributed by atoms with van der Waals surface area (Å²) in [4.78, 5) is 77.7. The van der Waals surface area contributed by atoms with Crippen molar-refractivity contribution in [1.82, 2.24) is 35.1 Å². The first kappa shape index (κ1) is 49.5. The number of nitrogens with one attached hydrogen (secondary N) is 2. The zero-order valence-electron chi connectivity index (χ0n) is 40.5. The van der Waals surface area contributed by atoms with Crippen LogP contribution in [0.3, 0.4) is 0 Å². The van der Waals surface area contributed by atoms with E-state index in [1.807, 2.05) is 44.3 Å². The second-order valence-corrected chi connectivity index (χ2v) is 20.3. The molecule has 8 rings (SSSR count). The monoisotopic (exact) mass is 951 g/mol. The number of pyridine rings is 1.